The zero-order valence-corrected chi connectivity index (χ0v) is 21.3. The lowest BCUT2D eigenvalue weighted by Crippen LogP contribution is -2.64. The van der Waals surface area contributed by atoms with Crippen molar-refractivity contribution in [2.24, 2.45) is 5.92 Å². The van der Waals surface area contributed by atoms with Crippen LogP contribution >= 0.6 is 22.5 Å². The van der Waals surface area contributed by atoms with E-state index >= 15 is 0 Å². The van der Waals surface area contributed by atoms with Crippen molar-refractivity contribution >= 4 is 28.4 Å². The Hall–Kier alpha value is -0.920. The van der Waals surface area contributed by atoms with Crippen LogP contribution in [-0.2, 0) is 14.3 Å². The molecule has 1 aromatic rings. The van der Waals surface area contributed by atoms with Crippen LogP contribution in [0.3, 0.4) is 0 Å². The Balaban J connectivity index is 0.000000568. The number of aliphatic hydroxyl groups is 4. The van der Waals surface area contributed by atoms with E-state index < -0.39 is 42.9 Å². The Morgan fingerprint density at radius 3 is 2.52 bits per heavy atom. The largest absolute Gasteiger partial charge is 0.394 e. The Labute approximate surface area is 205 Å². The van der Waals surface area contributed by atoms with Crippen LogP contribution in [0.2, 0.25) is 0 Å². The number of aliphatic hydroxyl groups excluding tert-OH is 4. The van der Waals surface area contributed by atoms with Gasteiger partial charge in [-0.3, -0.25) is 4.79 Å². The van der Waals surface area contributed by atoms with Crippen LogP contribution in [0.25, 0.3) is 0 Å². The second-order valence-corrected chi connectivity index (χ2v) is 10.0. The van der Waals surface area contributed by atoms with E-state index in [0.29, 0.717) is 18.9 Å². The first kappa shape index (κ1) is 30.1. The van der Waals surface area contributed by atoms with Gasteiger partial charge in [0, 0.05) is 19.2 Å². The topological polar surface area (TPSA) is 141 Å². The van der Waals surface area contributed by atoms with E-state index in [1.807, 2.05) is 32.0 Å². The fourth-order valence-corrected chi connectivity index (χ4v) is 3.54. The molecule has 0 radical (unpaired) electrons. The molecule has 5 unspecified atom stereocenters. The molecule has 5 N–H and O–H groups in total. The molecule has 1 aromatic heterocycles. The summed E-state index contributed by atoms with van der Waals surface area (Å²) in [4.78, 5) is 16.1. The number of pyridine rings is 1. The lowest BCUT2D eigenvalue weighted by atomic mass is 9.96. The molecule has 2 rings (SSSR count). The molecule has 190 valence electrons. The SMILES string of the molecule is CC(C)CCOC(C)(C)CCC(=O)NC1C(O)OC(CO)C(O)C1O.SSc1ccccn1. The number of hydrogen-bond donors (Lipinski definition) is 6. The molecule has 11 heteroatoms. The van der Waals surface area contributed by atoms with E-state index in [1.165, 1.54) is 10.8 Å². The van der Waals surface area contributed by atoms with Gasteiger partial charge in [-0.05, 0) is 55.5 Å². The van der Waals surface area contributed by atoms with Gasteiger partial charge in [0.25, 0.3) is 0 Å². The summed E-state index contributed by atoms with van der Waals surface area (Å²) < 4.78 is 10.8. The Morgan fingerprint density at radius 1 is 1.30 bits per heavy atom. The first-order valence-corrected chi connectivity index (χ1v) is 12.8. The molecule has 1 aliphatic rings. The van der Waals surface area contributed by atoms with Crippen molar-refractivity contribution in [2.75, 3.05) is 13.2 Å². The monoisotopic (exact) mass is 506 g/mol. The summed E-state index contributed by atoms with van der Waals surface area (Å²) in [5, 5.41) is 42.2. The number of nitrogens with one attached hydrogen (secondary N) is 1. The maximum atomic E-state index is 12.1. The van der Waals surface area contributed by atoms with Crippen LogP contribution in [0.4, 0.5) is 0 Å². The zero-order chi connectivity index (χ0) is 25.0. The molecule has 0 spiro atoms. The van der Waals surface area contributed by atoms with Gasteiger partial charge in [-0.2, -0.15) is 0 Å². The van der Waals surface area contributed by atoms with Crippen molar-refractivity contribution in [2.45, 2.75) is 88.2 Å². The van der Waals surface area contributed by atoms with Gasteiger partial charge in [0.2, 0.25) is 5.91 Å². The molecule has 0 saturated carbocycles. The molecular formula is C22H38N2O7S2. The van der Waals surface area contributed by atoms with Gasteiger partial charge in [0.05, 0.1) is 12.2 Å². The molecule has 1 aliphatic heterocycles. The van der Waals surface area contributed by atoms with Gasteiger partial charge in [0.1, 0.15) is 29.4 Å². The van der Waals surface area contributed by atoms with E-state index in [4.69, 9.17) is 14.6 Å². The van der Waals surface area contributed by atoms with Gasteiger partial charge >= 0.3 is 0 Å². The number of carbonyl (C=O) groups excluding carboxylic acids is 1. The van der Waals surface area contributed by atoms with Crippen LogP contribution in [0, 0.1) is 5.92 Å². The molecule has 9 nitrogen and oxygen atoms in total. The van der Waals surface area contributed by atoms with Crippen LogP contribution in [0.1, 0.15) is 47.0 Å². The minimum atomic E-state index is -1.50. The smallest absolute Gasteiger partial charge is 0.220 e. The minimum absolute atomic E-state index is 0.143. The number of ether oxygens (including phenoxy) is 2. The maximum Gasteiger partial charge on any atom is 0.220 e. The maximum absolute atomic E-state index is 12.1. The van der Waals surface area contributed by atoms with Crippen molar-refractivity contribution in [3.05, 3.63) is 24.4 Å². The highest BCUT2D eigenvalue weighted by Gasteiger charge is 2.44. The molecule has 33 heavy (non-hydrogen) atoms. The summed E-state index contributed by atoms with van der Waals surface area (Å²) in [5.74, 6) is 0.157. The van der Waals surface area contributed by atoms with E-state index in [-0.39, 0.29) is 12.3 Å². The second-order valence-electron chi connectivity index (χ2n) is 8.87. The van der Waals surface area contributed by atoms with Gasteiger partial charge in [0.15, 0.2) is 6.29 Å². The van der Waals surface area contributed by atoms with E-state index in [2.05, 4.69) is 35.8 Å². The van der Waals surface area contributed by atoms with Crippen molar-refractivity contribution in [3.63, 3.8) is 0 Å². The summed E-state index contributed by atoms with van der Waals surface area (Å²) in [5.41, 5.74) is -0.464. The highest BCUT2D eigenvalue weighted by molar-refractivity contribution is 8.68. The average molecular weight is 507 g/mol. The predicted octanol–water partition coefficient (Wildman–Crippen LogP) is 1.54. The number of thiol groups is 1. The van der Waals surface area contributed by atoms with Crippen molar-refractivity contribution in [3.8, 4) is 0 Å². The predicted molar refractivity (Wildman–Crippen MR) is 130 cm³/mol. The summed E-state index contributed by atoms with van der Waals surface area (Å²) in [6, 6.07) is 4.58. The fraction of sp³-hybridized carbons (Fsp3) is 0.727. The lowest BCUT2D eigenvalue weighted by molar-refractivity contribution is -0.253. The normalized spacial score (nSPS) is 25.3. The second kappa shape index (κ2) is 15.2. The van der Waals surface area contributed by atoms with E-state index in [9.17, 15) is 20.1 Å². The summed E-state index contributed by atoms with van der Waals surface area (Å²) in [6.07, 6.45) is -2.12. The first-order chi connectivity index (χ1) is 15.5. The molecule has 1 saturated heterocycles. The molecular weight excluding hydrogens is 468 g/mol. The molecule has 0 aromatic carbocycles. The number of carbonyl (C=O) groups is 1. The summed E-state index contributed by atoms with van der Waals surface area (Å²) >= 11 is 3.96. The van der Waals surface area contributed by atoms with Crippen molar-refractivity contribution < 1.29 is 34.7 Å². The average Bonchev–Trinajstić information content (AvgIpc) is 2.78. The third-order valence-corrected chi connectivity index (χ3v) is 6.09. The molecule has 0 bridgehead atoms. The van der Waals surface area contributed by atoms with Gasteiger partial charge in [-0.1, -0.05) is 19.9 Å². The van der Waals surface area contributed by atoms with Crippen molar-refractivity contribution in [1.29, 1.82) is 0 Å². The van der Waals surface area contributed by atoms with Crippen LogP contribution < -0.4 is 5.32 Å². The van der Waals surface area contributed by atoms with Crippen LogP contribution in [0.5, 0.6) is 0 Å². The number of aromatic nitrogens is 1. The summed E-state index contributed by atoms with van der Waals surface area (Å²) in [6.45, 7) is 8.12. The first-order valence-electron chi connectivity index (χ1n) is 11.0. The zero-order valence-electron chi connectivity index (χ0n) is 19.6. The molecule has 1 amide bonds. The Morgan fingerprint density at radius 2 is 2.00 bits per heavy atom. The number of amides is 1. The highest BCUT2D eigenvalue weighted by atomic mass is 33.1. The molecule has 0 aliphatic carbocycles. The van der Waals surface area contributed by atoms with Crippen molar-refractivity contribution in [1.82, 2.24) is 10.3 Å². The lowest BCUT2D eigenvalue weighted by Gasteiger charge is -2.40. The molecule has 2 heterocycles. The fourth-order valence-electron chi connectivity index (χ4n) is 2.97. The highest BCUT2D eigenvalue weighted by Crippen LogP contribution is 2.21. The Kier molecular flexibility index (Phi) is 13.8. The Bertz CT molecular complexity index is 682. The quantitative estimate of drug-likeness (QED) is 0.206. The summed E-state index contributed by atoms with van der Waals surface area (Å²) in [7, 11) is 1.35. The van der Waals surface area contributed by atoms with Crippen LogP contribution in [0.15, 0.2) is 29.4 Å². The van der Waals surface area contributed by atoms with E-state index in [0.717, 1.165) is 11.4 Å². The third-order valence-electron chi connectivity index (χ3n) is 5.10. The number of hydrogen-bond acceptors (Lipinski definition) is 10. The molecule has 5 atom stereocenters. The van der Waals surface area contributed by atoms with E-state index in [1.54, 1.807) is 6.20 Å². The third kappa shape index (κ3) is 11.4. The number of nitrogens with zero attached hydrogens (tertiary/aromatic N) is 1. The van der Waals surface area contributed by atoms with Gasteiger partial charge in [-0.25, -0.2) is 4.98 Å². The molecule has 1 fully saturated rings. The van der Waals surface area contributed by atoms with Crippen LogP contribution in [-0.4, -0.2) is 80.8 Å². The van der Waals surface area contributed by atoms with Gasteiger partial charge in [-0.15, -0.1) is 11.7 Å². The minimum Gasteiger partial charge on any atom is -0.394 e. The van der Waals surface area contributed by atoms with Gasteiger partial charge < -0.3 is 35.2 Å². The standard InChI is InChI=1S/C17H33NO7.C5H5NS2/c1-10(2)6-8-24-17(3,4)7-5-12(20)18-13-15(22)14(21)11(9-19)25-16(13)23;7-8-5-3-1-2-4-6-5/h10-11,13-16,19,21-23H,5-9H2,1-4H3,(H,18,20);1-4,7H. The number of rotatable bonds is 10.